The predicted octanol–water partition coefficient (Wildman–Crippen LogP) is 2.64. The van der Waals surface area contributed by atoms with Crippen LogP contribution in [0.4, 0.5) is 0 Å². The van der Waals surface area contributed by atoms with Crippen LogP contribution < -0.4 is 10.1 Å². The molecule has 0 aliphatic carbocycles. The maximum absolute atomic E-state index is 5.98. The largest absolute Gasteiger partial charge is 0.493 e. The van der Waals surface area contributed by atoms with Crippen molar-refractivity contribution in [3.63, 3.8) is 0 Å². The number of hydrogen-bond donors (Lipinski definition) is 1. The second-order valence-corrected chi connectivity index (χ2v) is 5.92. The van der Waals surface area contributed by atoms with Crippen LogP contribution in [0.2, 0.25) is 0 Å². The van der Waals surface area contributed by atoms with Gasteiger partial charge >= 0.3 is 0 Å². The van der Waals surface area contributed by atoms with Crippen molar-refractivity contribution in [2.45, 2.75) is 32.2 Å². The third-order valence-corrected chi connectivity index (χ3v) is 4.63. The Morgan fingerprint density at radius 2 is 2.00 bits per heavy atom. The summed E-state index contributed by atoms with van der Waals surface area (Å²) in [6.07, 6.45) is 3.48. The molecule has 1 saturated heterocycles. The Balaban J connectivity index is 1.72. The lowest BCUT2D eigenvalue weighted by Crippen LogP contribution is -2.48. The number of fused-ring (bicyclic) bond motifs is 1. The molecule has 2 unspecified atom stereocenters. The van der Waals surface area contributed by atoms with Gasteiger partial charge in [0.1, 0.15) is 5.75 Å². The fourth-order valence-electron chi connectivity index (χ4n) is 3.61. The first-order valence-electron chi connectivity index (χ1n) is 7.90. The van der Waals surface area contributed by atoms with E-state index in [4.69, 9.17) is 9.47 Å². The molecule has 1 fully saturated rings. The zero-order chi connectivity index (χ0) is 13.8. The van der Waals surface area contributed by atoms with E-state index in [0.717, 1.165) is 44.5 Å². The number of para-hydroxylation sites is 1. The highest BCUT2D eigenvalue weighted by molar-refractivity contribution is 5.35. The predicted molar refractivity (Wildman–Crippen MR) is 80.1 cm³/mol. The monoisotopic (exact) mass is 275 g/mol. The Labute approximate surface area is 121 Å². The van der Waals surface area contributed by atoms with Gasteiger partial charge in [-0.05, 0) is 43.4 Å². The minimum Gasteiger partial charge on any atom is -0.493 e. The molecular weight excluding hydrogens is 250 g/mol. The van der Waals surface area contributed by atoms with E-state index in [1.54, 1.807) is 0 Å². The summed E-state index contributed by atoms with van der Waals surface area (Å²) < 4.78 is 11.5. The van der Waals surface area contributed by atoms with Gasteiger partial charge in [-0.3, -0.25) is 0 Å². The van der Waals surface area contributed by atoms with Crippen LogP contribution in [0.5, 0.6) is 5.75 Å². The Hall–Kier alpha value is -1.06. The van der Waals surface area contributed by atoms with E-state index in [0.29, 0.717) is 12.0 Å². The molecular formula is C17H25NO2. The van der Waals surface area contributed by atoms with Gasteiger partial charge in [-0.15, -0.1) is 0 Å². The van der Waals surface area contributed by atoms with Gasteiger partial charge in [0, 0.05) is 25.2 Å². The second-order valence-electron chi connectivity index (χ2n) is 5.92. The number of hydrogen-bond acceptors (Lipinski definition) is 3. The summed E-state index contributed by atoms with van der Waals surface area (Å²) in [5.74, 6) is 2.38. The minimum absolute atomic E-state index is 0.553. The molecule has 2 atom stereocenters. The first-order valence-corrected chi connectivity index (χ1v) is 7.90. The molecule has 0 bridgehead atoms. The standard InChI is InChI=1S/C17H25NO2/c1-2-18-17(13-7-9-19-10-8-13)15-11-14-5-3-4-6-16(14)20-12-15/h3-6,13,15,17-18H,2,7-12H2,1H3. The van der Waals surface area contributed by atoms with E-state index in [1.165, 1.54) is 18.4 Å². The first kappa shape index (κ1) is 13.9. The molecule has 0 amide bonds. The van der Waals surface area contributed by atoms with Crippen LogP contribution in [-0.2, 0) is 11.2 Å². The average molecular weight is 275 g/mol. The third kappa shape index (κ3) is 2.99. The maximum atomic E-state index is 5.98. The summed E-state index contributed by atoms with van der Waals surface area (Å²) in [6.45, 7) is 5.89. The Bertz CT molecular complexity index is 429. The van der Waals surface area contributed by atoms with E-state index in [2.05, 4.69) is 36.5 Å². The van der Waals surface area contributed by atoms with Gasteiger partial charge in [0.05, 0.1) is 6.61 Å². The average Bonchev–Trinajstić information content (AvgIpc) is 2.53. The van der Waals surface area contributed by atoms with Crippen molar-refractivity contribution in [1.82, 2.24) is 5.32 Å². The molecule has 1 N–H and O–H groups in total. The number of rotatable bonds is 4. The van der Waals surface area contributed by atoms with E-state index in [1.807, 2.05) is 0 Å². The highest BCUT2D eigenvalue weighted by Gasteiger charge is 2.33. The summed E-state index contributed by atoms with van der Waals surface area (Å²) in [5.41, 5.74) is 1.36. The van der Waals surface area contributed by atoms with E-state index in [9.17, 15) is 0 Å². The Morgan fingerprint density at radius 3 is 2.80 bits per heavy atom. The van der Waals surface area contributed by atoms with Crippen LogP contribution in [0.1, 0.15) is 25.3 Å². The lowest BCUT2D eigenvalue weighted by molar-refractivity contribution is 0.0369. The van der Waals surface area contributed by atoms with E-state index >= 15 is 0 Å². The van der Waals surface area contributed by atoms with Gasteiger partial charge in [-0.25, -0.2) is 0 Å². The third-order valence-electron chi connectivity index (χ3n) is 4.63. The van der Waals surface area contributed by atoms with Gasteiger partial charge < -0.3 is 14.8 Å². The van der Waals surface area contributed by atoms with Crippen molar-refractivity contribution in [2.24, 2.45) is 11.8 Å². The van der Waals surface area contributed by atoms with Crippen molar-refractivity contribution in [2.75, 3.05) is 26.4 Å². The molecule has 1 aromatic carbocycles. The molecule has 3 nitrogen and oxygen atoms in total. The fourth-order valence-corrected chi connectivity index (χ4v) is 3.61. The SMILES string of the molecule is CCNC(C1CCOCC1)C1COc2ccccc2C1. The number of ether oxygens (including phenoxy) is 2. The lowest BCUT2D eigenvalue weighted by atomic mass is 9.80. The van der Waals surface area contributed by atoms with E-state index in [-0.39, 0.29) is 0 Å². The van der Waals surface area contributed by atoms with Crippen LogP contribution in [0.15, 0.2) is 24.3 Å². The molecule has 110 valence electrons. The maximum Gasteiger partial charge on any atom is 0.122 e. The molecule has 3 rings (SSSR count). The molecule has 2 aliphatic heterocycles. The van der Waals surface area contributed by atoms with Crippen LogP contribution in [0, 0.1) is 11.8 Å². The molecule has 2 aliphatic rings. The van der Waals surface area contributed by atoms with Crippen LogP contribution >= 0.6 is 0 Å². The van der Waals surface area contributed by atoms with Gasteiger partial charge in [0.15, 0.2) is 0 Å². The van der Waals surface area contributed by atoms with Crippen molar-refractivity contribution < 1.29 is 9.47 Å². The van der Waals surface area contributed by atoms with Gasteiger partial charge in [0.25, 0.3) is 0 Å². The lowest BCUT2D eigenvalue weighted by Gasteiger charge is -2.38. The number of nitrogens with one attached hydrogen (secondary N) is 1. The van der Waals surface area contributed by atoms with Crippen LogP contribution in [0.25, 0.3) is 0 Å². The minimum atomic E-state index is 0.553. The van der Waals surface area contributed by atoms with Gasteiger partial charge in [-0.2, -0.15) is 0 Å². The summed E-state index contributed by atoms with van der Waals surface area (Å²) >= 11 is 0. The number of benzene rings is 1. The van der Waals surface area contributed by atoms with Crippen LogP contribution in [0.3, 0.4) is 0 Å². The van der Waals surface area contributed by atoms with Gasteiger partial charge in [-0.1, -0.05) is 25.1 Å². The summed E-state index contributed by atoms with van der Waals surface area (Å²) in [4.78, 5) is 0. The van der Waals surface area contributed by atoms with Crippen molar-refractivity contribution >= 4 is 0 Å². The molecule has 2 heterocycles. The smallest absolute Gasteiger partial charge is 0.122 e. The normalized spacial score (nSPS) is 24.8. The zero-order valence-corrected chi connectivity index (χ0v) is 12.3. The Morgan fingerprint density at radius 1 is 1.20 bits per heavy atom. The van der Waals surface area contributed by atoms with Crippen molar-refractivity contribution in [3.05, 3.63) is 29.8 Å². The highest BCUT2D eigenvalue weighted by atomic mass is 16.5. The molecule has 0 radical (unpaired) electrons. The fraction of sp³-hybridized carbons (Fsp3) is 0.647. The zero-order valence-electron chi connectivity index (χ0n) is 12.3. The summed E-state index contributed by atoms with van der Waals surface area (Å²) in [5, 5.41) is 3.72. The summed E-state index contributed by atoms with van der Waals surface area (Å²) in [6, 6.07) is 9.01. The van der Waals surface area contributed by atoms with Crippen LogP contribution in [-0.4, -0.2) is 32.4 Å². The second kappa shape index (κ2) is 6.59. The molecule has 3 heteroatoms. The first-order chi connectivity index (χ1) is 9.88. The van der Waals surface area contributed by atoms with E-state index < -0.39 is 0 Å². The topological polar surface area (TPSA) is 30.5 Å². The molecule has 0 saturated carbocycles. The molecule has 1 aromatic rings. The molecule has 0 spiro atoms. The molecule has 0 aromatic heterocycles. The highest BCUT2D eigenvalue weighted by Crippen LogP contribution is 2.32. The quantitative estimate of drug-likeness (QED) is 0.916. The Kier molecular flexibility index (Phi) is 4.58. The summed E-state index contributed by atoms with van der Waals surface area (Å²) in [7, 11) is 0. The van der Waals surface area contributed by atoms with Gasteiger partial charge in [0.2, 0.25) is 0 Å². The van der Waals surface area contributed by atoms with Crippen molar-refractivity contribution in [3.8, 4) is 5.75 Å². The molecule has 20 heavy (non-hydrogen) atoms. The van der Waals surface area contributed by atoms with Crippen molar-refractivity contribution in [1.29, 1.82) is 0 Å².